The lowest BCUT2D eigenvalue weighted by atomic mass is 9.95. The van der Waals surface area contributed by atoms with Crippen molar-refractivity contribution in [2.75, 3.05) is 19.1 Å². The van der Waals surface area contributed by atoms with E-state index in [1.807, 2.05) is 0 Å². The van der Waals surface area contributed by atoms with E-state index in [9.17, 15) is 19.5 Å². The number of aliphatic hydroxyl groups is 1. The lowest BCUT2D eigenvalue weighted by Gasteiger charge is -2.23. The molecule has 1 N–H and O–H groups in total. The Balaban J connectivity index is 1.70. The molecule has 8 nitrogen and oxygen atoms in total. The van der Waals surface area contributed by atoms with E-state index in [-0.39, 0.29) is 16.5 Å². The summed E-state index contributed by atoms with van der Waals surface area (Å²) in [7, 11) is 2.83. The van der Waals surface area contributed by atoms with Crippen LogP contribution in [0.5, 0.6) is 5.75 Å². The van der Waals surface area contributed by atoms with Gasteiger partial charge < -0.3 is 14.6 Å². The van der Waals surface area contributed by atoms with Crippen LogP contribution in [0.15, 0.2) is 72.3 Å². The number of benzene rings is 3. The molecule has 1 saturated heterocycles. The van der Waals surface area contributed by atoms with Crippen LogP contribution in [0, 0.1) is 0 Å². The first-order valence-corrected chi connectivity index (χ1v) is 12.2. The van der Waals surface area contributed by atoms with E-state index in [1.165, 1.54) is 35.5 Å². The molecule has 1 unspecified atom stereocenters. The predicted molar refractivity (Wildman–Crippen MR) is 140 cm³/mol. The Morgan fingerprint density at radius 2 is 1.68 bits per heavy atom. The number of ketones is 1. The van der Waals surface area contributed by atoms with Crippen LogP contribution in [0.3, 0.4) is 0 Å². The minimum Gasteiger partial charge on any atom is -0.507 e. The Labute approximate surface area is 220 Å². The number of aliphatic hydroxyl groups excluding tert-OH is 1. The number of amides is 1. The second-order valence-electron chi connectivity index (χ2n) is 8.12. The van der Waals surface area contributed by atoms with Crippen molar-refractivity contribution in [2.24, 2.45) is 0 Å². The Kier molecular flexibility index (Phi) is 6.41. The van der Waals surface area contributed by atoms with E-state index < -0.39 is 23.7 Å². The highest BCUT2D eigenvalue weighted by atomic mass is 35.5. The van der Waals surface area contributed by atoms with E-state index in [0.717, 1.165) is 4.70 Å². The summed E-state index contributed by atoms with van der Waals surface area (Å²) in [4.78, 5) is 44.5. The molecule has 5 rings (SSSR count). The van der Waals surface area contributed by atoms with Gasteiger partial charge in [-0.1, -0.05) is 35.1 Å². The van der Waals surface area contributed by atoms with Gasteiger partial charge in [-0.05, 0) is 60.2 Å². The van der Waals surface area contributed by atoms with Gasteiger partial charge in [-0.25, -0.2) is 9.78 Å². The molecule has 1 fully saturated rings. The van der Waals surface area contributed by atoms with Crippen molar-refractivity contribution in [3.63, 3.8) is 0 Å². The molecule has 0 spiro atoms. The van der Waals surface area contributed by atoms with Crippen LogP contribution in [-0.2, 0) is 14.3 Å². The van der Waals surface area contributed by atoms with Crippen molar-refractivity contribution in [1.29, 1.82) is 0 Å². The van der Waals surface area contributed by atoms with Gasteiger partial charge in [0.05, 0.1) is 41.6 Å². The van der Waals surface area contributed by atoms with Crippen LogP contribution in [0.1, 0.15) is 27.5 Å². The molecule has 186 valence electrons. The fraction of sp³-hybridized carbons (Fsp3) is 0.111. The molecule has 0 bridgehead atoms. The number of methoxy groups -OCH3 is 2. The van der Waals surface area contributed by atoms with Gasteiger partial charge in [-0.3, -0.25) is 14.5 Å². The summed E-state index contributed by atoms with van der Waals surface area (Å²) in [5.74, 6) is -1.93. The Morgan fingerprint density at radius 3 is 2.32 bits per heavy atom. The van der Waals surface area contributed by atoms with Crippen LogP contribution >= 0.6 is 22.9 Å². The molecule has 37 heavy (non-hydrogen) atoms. The van der Waals surface area contributed by atoms with Crippen LogP contribution in [0.4, 0.5) is 5.13 Å². The number of Topliss-reactive ketones (excluding diaryl/α,β-unsaturated/α-hetero) is 1. The van der Waals surface area contributed by atoms with Crippen LogP contribution < -0.4 is 9.64 Å². The zero-order valence-corrected chi connectivity index (χ0v) is 21.2. The van der Waals surface area contributed by atoms with Gasteiger partial charge in [-0.15, -0.1) is 0 Å². The normalized spacial score (nSPS) is 16.8. The third-order valence-corrected chi connectivity index (χ3v) is 7.27. The third kappa shape index (κ3) is 4.32. The molecule has 2 heterocycles. The lowest BCUT2D eigenvalue weighted by Crippen LogP contribution is -2.29. The number of carbonyl (C=O) groups is 3. The Bertz CT molecular complexity index is 1580. The number of nitrogens with zero attached hydrogens (tertiary/aromatic N) is 2. The van der Waals surface area contributed by atoms with Crippen molar-refractivity contribution in [3.8, 4) is 5.75 Å². The van der Waals surface area contributed by atoms with E-state index in [4.69, 9.17) is 21.1 Å². The Hall–Kier alpha value is -4.21. The van der Waals surface area contributed by atoms with Gasteiger partial charge in [0.25, 0.3) is 5.78 Å². The molecular formula is C27H19ClN2O6S. The summed E-state index contributed by atoms with van der Waals surface area (Å²) in [6, 6.07) is 16.9. The number of thiazole rings is 1. The predicted octanol–water partition coefficient (Wildman–Crippen LogP) is 5.37. The summed E-state index contributed by atoms with van der Waals surface area (Å²) >= 11 is 7.21. The van der Waals surface area contributed by atoms with Crippen molar-refractivity contribution in [1.82, 2.24) is 4.98 Å². The number of hydrogen-bond donors (Lipinski definition) is 1. The largest absolute Gasteiger partial charge is 0.507 e. The van der Waals surface area contributed by atoms with Gasteiger partial charge in [0.1, 0.15) is 11.5 Å². The maximum absolute atomic E-state index is 13.4. The summed E-state index contributed by atoms with van der Waals surface area (Å²) in [6.45, 7) is 0. The van der Waals surface area contributed by atoms with Gasteiger partial charge in [0, 0.05) is 10.6 Å². The van der Waals surface area contributed by atoms with E-state index in [0.29, 0.717) is 33.0 Å². The fourth-order valence-corrected chi connectivity index (χ4v) is 5.30. The minimum absolute atomic E-state index is 0.102. The topological polar surface area (TPSA) is 106 Å². The van der Waals surface area contributed by atoms with Crippen molar-refractivity contribution < 1.29 is 29.0 Å². The first-order valence-electron chi connectivity index (χ1n) is 11.0. The quantitative estimate of drug-likeness (QED) is 0.159. The SMILES string of the molecule is COC(=O)c1ccc(C2/C(=C(\O)c3ccc(Cl)cc3)C(=O)C(=O)N2c2nc3ccc(OC)cc3s2)cc1. The number of carbonyl (C=O) groups excluding carboxylic acids is 3. The smallest absolute Gasteiger partial charge is 0.337 e. The summed E-state index contributed by atoms with van der Waals surface area (Å²) in [5, 5.41) is 11.9. The minimum atomic E-state index is -0.996. The number of aromatic nitrogens is 1. The average Bonchev–Trinajstić information content (AvgIpc) is 3.45. The van der Waals surface area contributed by atoms with E-state index in [2.05, 4.69) is 4.98 Å². The van der Waals surface area contributed by atoms with Crippen LogP contribution in [0.25, 0.3) is 16.0 Å². The number of ether oxygens (including phenoxy) is 2. The summed E-state index contributed by atoms with van der Waals surface area (Å²) < 4.78 is 10.8. The molecule has 1 amide bonds. The number of hydrogen-bond acceptors (Lipinski definition) is 8. The molecule has 0 radical (unpaired) electrons. The second-order valence-corrected chi connectivity index (χ2v) is 9.57. The van der Waals surface area contributed by atoms with Crippen LogP contribution in [-0.4, -0.2) is 42.0 Å². The summed E-state index contributed by atoms with van der Waals surface area (Å²) in [5.41, 5.74) is 1.65. The van der Waals surface area contributed by atoms with Crippen LogP contribution in [0.2, 0.25) is 5.02 Å². The van der Waals surface area contributed by atoms with Crippen molar-refractivity contribution in [2.45, 2.75) is 6.04 Å². The highest BCUT2D eigenvalue weighted by molar-refractivity contribution is 7.22. The molecule has 1 aliphatic heterocycles. The van der Waals surface area contributed by atoms with Gasteiger partial charge in [-0.2, -0.15) is 0 Å². The summed E-state index contributed by atoms with van der Waals surface area (Å²) in [6.07, 6.45) is 0. The highest BCUT2D eigenvalue weighted by Gasteiger charge is 2.48. The molecule has 10 heteroatoms. The molecule has 0 aliphatic carbocycles. The lowest BCUT2D eigenvalue weighted by molar-refractivity contribution is -0.132. The number of esters is 1. The molecule has 0 saturated carbocycles. The average molecular weight is 535 g/mol. The maximum atomic E-state index is 13.4. The third-order valence-electron chi connectivity index (χ3n) is 6.00. The van der Waals surface area contributed by atoms with E-state index in [1.54, 1.807) is 61.7 Å². The molecule has 1 atom stereocenters. The molecule has 4 aromatic rings. The van der Waals surface area contributed by atoms with E-state index >= 15 is 0 Å². The van der Waals surface area contributed by atoms with Gasteiger partial charge in [0.15, 0.2) is 5.13 Å². The molecule has 1 aromatic heterocycles. The zero-order chi connectivity index (χ0) is 26.3. The fourth-order valence-electron chi connectivity index (χ4n) is 4.15. The number of anilines is 1. The van der Waals surface area contributed by atoms with Crippen molar-refractivity contribution >= 4 is 61.7 Å². The zero-order valence-electron chi connectivity index (χ0n) is 19.6. The maximum Gasteiger partial charge on any atom is 0.337 e. The molecule has 1 aliphatic rings. The van der Waals surface area contributed by atoms with Gasteiger partial charge >= 0.3 is 11.9 Å². The van der Waals surface area contributed by atoms with Gasteiger partial charge in [0.2, 0.25) is 0 Å². The number of fused-ring (bicyclic) bond motifs is 1. The van der Waals surface area contributed by atoms with Crippen molar-refractivity contribution in [3.05, 3.63) is 94.0 Å². The monoisotopic (exact) mass is 534 g/mol. The Morgan fingerprint density at radius 1 is 1.00 bits per heavy atom. The first kappa shape index (κ1) is 24.5. The molecular weight excluding hydrogens is 516 g/mol. The second kappa shape index (κ2) is 9.68. The molecule has 3 aromatic carbocycles. The number of rotatable bonds is 5. The number of halogens is 1. The highest BCUT2D eigenvalue weighted by Crippen LogP contribution is 2.44. The first-order chi connectivity index (χ1) is 17.8. The standard InChI is InChI=1S/C27H19ClN2O6S/c1-35-18-11-12-19-20(13-18)37-27(29-19)30-22(14-3-5-16(6-4-14)26(34)36-2)21(24(32)25(30)33)23(31)15-7-9-17(28)10-8-15/h3-13,22,31H,1-2H3/b23-21+.